The Kier molecular flexibility index (Phi) is 5.02. The lowest BCUT2D eigenvalue weighted by molar-refractivity contribution is -0.125. The molecule has 150 valence electrons. The largest absolute Gasteiger partial charge is 0.349 e. The number of benzene rings is 1. The predicted octanol–water partition coefficient (Wildman–Crippen LogP) is 2.78. The van der Waals surface area contributed by atoms with Gasteiger partial charge in [-0.15, -0.1) is 0 Å². The normalized spacial score (nSPS) is 24.8. The molecule has 6 heteroatoms. The molecule has 0 saturated carbocycles. The first kappa shape index (κ1) is 19.2. The average Bonchev–Trinajstić information content (AvgIpc) is 3.28. The molecule has 1 amide bonds. The highest BCUT2D eigenvalue weighted by Gasteiger charge is 2.33. The van der Waals surface area contributed by atoms with Crippen LogP contribution in [0.4, 0.5) is 0 Å². The summed E-state index contributed by atoms with van der Waals surface area (Å²) in [5.74, 6) is 0.0792. The number of nitrogens with zero attached hydrogens (tertiary/aromatic N) is 2. The van der Waals surface area contributed by atoms with Gasteiger partial charge in [0.05, 0.1) is 23.8 Å². The van der Waals surface area contributed by atoms with Crippen LogP contribution in [0.3, 0.4) is 0 Å². The minimum atomic E-state index is -0.0367. The molecule has 3 atom stereocenters. The van der Waals surface area contributed by atoms with Crippen molar-refractivity contribution in [2.45, 2.75) is 64.5 Å². The number of rotatable bonds is 3. The van der Waals surface area contributed by atoms with Gasteiger partial charge in [0.1, 0.15) is 0 Å². The molecule has 6 nitrogen and oxygen atoms in total. The fraction of sp³-hybridized carbons (Fsp3) is 0.545. The Hall–Kier alpha value is -2.18. The number of hydrogen-bond acceptors (Lipinski definition) is 4. The summed E-state index contributed by atoms with van der Waals surface area (Å²) in [5.41, 5.74) is 11.1. The Morgan fingerprint density at radius 2 is 2.00 bits per heavy atom. The fourth-order valence-corrected chi connectivity index (χ4v) is 4.24. The smallest absolute Gasteiger partial charge is 0.226 e. The van der Waals surface area contributed by atoms with Crippen molar-refractivity contribution in [2.75, 3.05) is 6.54 Å². The van der Waals surface area contributed by atoms with E-state index in [1.165, 1.54) is 11.3 Å². The topological polar surface area (TPSA) is 71.0 Å². The number of amides is 1. The first-order valence-electron chi connectivity index (χ1n) is 10.3. The molecule has 2 heterocycles. The van der Waals surface area contributed by atoms with Gasteiger partial charge in [-0.05, 0) is 49.3 Å². The molecule has 28 heavy (non-hydrogen) atoms. The number of carbonyl (C=O) groups excluding carboxylic acids is 1. The van der Waals surface area contributed by atoms with Crippen molar-refractivity contribution in [1.82, 2.24) is 25.9 Å². The monoisotopic (exact) mass is 381 g/mol. The van der Waals surface area contributed by atoms with Crippen LogP contribution in [-0.4, -0.2) is 28.3 Å². The third kappa shape index (κ3) is 3.59. The van der Waals surface area contributed by atoms with E-state index in [-0.39, 0.29) is 29.3 Å². The molecule has 1 fully saturated rings. The molecule has 0 spiro atoms. The van der Waals surface area contributed by atoms with E-state index in [2.05, 4.69) is 66.3 Å². The van der Waals surface area contributed by atoms with Gasteiger partial charge in [-0.1, -0.05) is 32.9 Å². The Balaban J connectivity index is 1.55. The standard InChI is InChI=1S/C22H31N5O/c1-14-17(12-23-26-14)21(28)25-19-6-5-7-20-18(19)13-24-27(20)16-10-8-15(9-11-16)22(2,3)4/h8-11,13-14,17,19,23,26H,5-7,12H2,1-4H3,(H,25,28). The molecule has 1 aromatic carbocycles. The van der Waals surface area contributed by atoms with Gasteiger partial charge in [-0.3, -0.25) is 15.6 Å². The second kappa shape index (κ2) is 7.33. The van der Waals surface area contributed by atoms with Crippen molar-refractivity contribution in [3.05, 3.63) is 47.3 Å². The quantitative estimate of drug-likeness (QED) is 0.765. The highest BCUT2D eigenvalue weighted by molar-refractivity contribution is 5.80. The van der Waals surface area contributed by atoms with Gasteiger partial charge < -0.3 is 5.32 Å². The summed E-state index contributed by atoms with van der Waals surface area (Å²) in [7, 11) is 0. The summed E-state index contributed by atoms with van der Waals surface area (Å²) in [4.78, 5) is 12.7. The maximum absolute atomic E-state index is 12.7. The molecule has 0 radical (unpaired) electrons. The van der Waals surface area contributed by atoms with Crippen LogP contribution >= 0.6 is 0 Å². The summed E-state index contributed by atoms with van der Waals surface area (Å²) in [6, 6.07) is 8.86. The van der Waals surface area contributed by atoms with Crippen LogP contribution in [0.15, 0.2) is 30.5 Å². The van der Waals surface area contributed by atoms with Crippen LogP contribution in [-0.2, 0) is 16.6 Å². The summed E-state index contributed by atoms with van der Waals surface area (Å²) in [6.07, 6.45) is 4.95. The molecule has 0 bridgehead atoms. The van der Waals surface area contributed by atoms with Gasteiger partial charge in [0, 0.05) is 23.8 Å². The zero-order chi connectivity index (χ0) is 19.9. The number of nitrogens with one attached hydrogen (secondary N) is 3. The van der Waals surface area contributed by atoms with Crippen molar-refractivity contribution in [3.63, 3.8) is 0 Å². The summed E-state index contributed by atoms with van der Waals surface area (Å²) >= 11 is 0. The van der Waals surface area contributed by atoms with E-state index in [1.807, 2.05) is 17.8 Å². The molecular weight excluding hydrogens is 350 g/mol. The molecule has 3 N–H and O–H groups in total. The number of aromatic nitrogens is 2. The van der Waals surface area contributed by atoms with Gasteiger partial charge in [0.2, 0.25) is 5.91 Å². The predicted molar refractivity (Wildman–Crippen MR) is 110 cm³/mol. The molecule has 2 aliphatic rings. The summed E-state index contributed by atoms with van der Waals surface area (Å²) in [6.45, 7) is 9.38. The van der Waals surface area contributed by atoms with Gasteiger partial charge >= 0.3 is 0 Å². The lowest BCUT2D eigenvalue weighted by Gasteiger charge is -2.26. The number of carbonyl (C=O) groups is 1. The third-order valence-electron chi connectivity index (χ3n) is 6.07. The SMILES string of the molecule is CC1NNCC1C(=O)NC1CCCc2c1cnn2-c1ccc(C(C)(C)C)cc1. The maximum atomic E-state index is 12.7. The van der Waals surface area contributed by atoms with Gasteiger partial charge in [-0.25, -0.2) is 4.68 Å². The minimum Gasteiger partial charge on any atom is -0.349 e. The maximum Gasteiger partial charge on any atom is 0.226 e. The van der Waals surface area contributed by atoms with E-state index in [0.717, 1.165) is 30.5 Å². The molecule has 3 unspecified atom stereocenters. The van der Waals surface area contributed by atoms with E-state index in [1.54, 1.807) is 0 Å². The first-order chi connectivity index (χ1) is 13.3. The minimum absolute atomic E-state index is 0.0367. The van der Waals surface area contributed by atoms with Crippen molar-refractivity contribution >= 4 is 5.91 Å². The number of hydrogen-bond donors (Lipinski definition) is 3. The molecule has 2 aromatic rings. The second-order valence-corrected chi connectivity index (χ2v) is 9.13. The first-order valence-corrected chi connectivity index (χ1v) is 10.3. The average molecular weight is 382 g/mol. The highest BCUT2D eigenvalue weighted by Crippen LogP contribution is 2.32. The van der Waals surface area contributed by atoms with Crippen LogP contribution < -0.4 is 16.2 Å². The Morgan fingerprint density at radius 1 is 1.25 bits per heavy atom. The van der Waals surface area contributed by atoms with E-state index in [0.29, 0.717) is 6.54 Å². The van der Waals surface area contributed by atoms with Crippen molar-refractivity contribution in [3.8, 4) is 5.69 Å². The Morgan fingerprint density at radius 3 is 2.64 bits per heavy atom. The van der Waals surface area contributed by atoms with Crippen molar-refractivity contribution in [2.24, 2.45) is 5.92 Å². The van der Waals surface area contributed by atoms with Crippen molar-refractivity contribution < 1.29 is 4.79 Å². The zero-order valence-electron chi connectivity index (χ0n) is 17.2. The molecular formula is C22H31N5O. The molecule has 1 saturated heterocycles. The number of hydrazine groups is 1. The number of fused-ring (bicyclic) bond motifs is 1. The molecule has 1 aliphatic carbocycles. The summed E-state index contributed by atoms with van der Waals surface area (Å²) in [5, 5.41) is 7.94. The van der Waals surface area contributed by atoms with Crippen LogP contribution in [0, 0.1) is 5.92 Å². The molecule has 4 rings (SSSR count). The van der Waals surface area contributed by atoms with Gasteiger partial charge in [0.25, 0.3) is 0 Å². The van der Waals surface area contributed by atoms with Crippen LogP contribution in [0.25, 0.3) is 5.69 Å². The van der Waals surface area contributed by atoms with Crippen LogP contribution in [0.5, 0.6) is 0 Å². The van der Waals surface area contributed by atoms with Gasteiger partial charge in [0.15, 0.2) is 0 Å². The molecule has 1 aromatic heterocycles. The van der Waals surface area contributed by atoms with Crippen LogP contribution in [0.1, 0.15) is 63.4 Å². The lowest BCUT2D eigenvalue weighted by Crippen LogP contribution is -2.40. The van der Waals surface area contributed by atoms with E-state index < -0.39 is 0 Å². The lowest BCUT2D eigenvalue weighted by atomic mass is 9.87. The Bertz CT molecular complexity index is 849. The fourth-order valence-electron chi connectivity index (χ4n) is 4.24. The van der Waals surface area contributed by atoms with Crippen LogP contribution in [0.2, 0.25) is 0 Å². The Labute approximate surface area is 167 Å². The highest BCUT2D eigenvalue weighted by atomic mass is 16.2. The van der Waals surface area contributed by atoms with E-state index in [4.69, 9.17) is 0 Å². The van der Waals surface area contributed by atoms with E-state index >= 15 is 0 Å². The zero-order valence-corrected chi connectivity index (χ0v) is 17.2. The summed E-state index contributed by atoms with van der Waals surface area (Å²) < 4.78 is 2.04. The third-order valence-corrected chi connectivity index (χ3v) is 6.07. The second-order valence-electron chi connectivity index (χ2n) is 9.13. The van der Waals surface area contributed by atoms with E-state index in [9.17, 15) is 4.79 Å². The molecule has 1 aliphatic heterocycles. The van der Waals surface area contributed by atoms with Gasteiger partial charge in [-0.2, -0.15) is 5.10 Å². The van der Waals surface area contributed by atoms with Crippen molar-refractivity contribution in [1.29, 1.82) is 0 Å².